The number of hydrogen-bond acceptors (Lipinski definition) is 5. The summed E-state index contributed by atoms with van der Waals surface area (Å²) >= 11 is 0. The molecule has 0 aliphatic carbocycles. The molecule has 0 radical (unpaired) electrons. The first kappa shape index (κ1) is 27.7. The maximum Gasteiger partial charge on any atom is 0.435 e. The van der Waals surface area contributed by atoms with Gasteiger partial charge in [-0.3, -0.25) is 9.59 Å². The number of fused-ring (bicyclic) bond motifs is 1. The second-order valence-corrected chi connectivity index (χ2v) is 8.82. The molecule has 0 saturated carbocycles. The first-order chi connectivity index (χ1) is 18.1. The van der Waals surface area contributed by atoms with Crippen LogP contribution in [0.4, 0.5) is 32.0 Å². The Morgan fingerprint density at radius 2 is 1.62 bits per heavy atom. The number of rotatable bonds is 4. The van der Waals surface area contributed by atoms with E-state index in [2.05, 4.69) is 10.4 Å². The Bertz CT molecular complexity index is 1500. The summed E-state index contributed by atoms with van der Waals surface area (Å²) in [7, 11) is 0. The van der Waals surface area contributed by atoms with Gasteiger partial charge in [0.25, 0.3) is 5.91 Å². The van der Waals surface area contributed by atoms with E-state index in [0.29, 0.717) is 22.6 Å². The lowest BCUT2D eigenvalue weighted by Gasteiger charge is -2.24. The molecule has 3 aromatic rings. The summed E-state index contributed by atoms with van der Waals surface area (Å²) in [6.07, 6.45) is -8.56. The number of anilines is 1. The summed E-state index contributed by atoms with van der Waals surface area (Å²) in [5.41, 5.74) is -0.574. The van der Waals surface area contributed by atoms with Crippen LogP contribution in [0, 0.1) is 20.8 Å². The molecule has 4 rings (SSSR count). The number of alkyl halides is 6. The lowest BCUT2D eigenvalue weighted by molar-refractivity contribution is -0.143. The van der Waals surface area contributed by atoms with Gasteiger partial charge in [0.1, 0.15) is 23.8 Å². The van der Waals surface area contributed by atoms with Gasteiger partial charge in [0, 0.05) is 29.8 Å². The van der Waals surface area contributed by atoms with E-state index < -0.39 is 35.6 Å². The molecule has 0 atom stereocenters. The van der Waals surface area contributed by atoms with Crippen molar-refractivity contribution < 1.29 is 45.4 Å². The van der Waals surface area contributed by atoms with Gasteiger partial charge in [-0.2, -0.15) is 31.4 Å². The lowest BCUT2D eigenvalue weighted by Crippen LogP contribution is -2.22. The highest BCUT2D eigenvalue weighted by Crippen LogP contribution is 2.41. The van der Waals surface area contributed by atoms with E-state index in [4.69, 9.17) is 9.47 Å². The number of nitrogens with one attached hydrogen (secondary N) is 1. The third kappa shape index (κ3) is 5.47. The van der Waals surface area contributed by atoms with Crippen LogP contribution in [0.25, 0.3) is 11.8 Å². The van der Waals surface area contributed by atoms with Gasteiger partial charge in [-0.25, -0.2) is 4.68 Å². The average Bonchev–Trinajstić information content (AvgIpc) is 3.32. The summed E-state index contributed by atoms with van der Waals surface area (Å²) < 4.78 is 90.3. The summed E-state index contributed by atoms with van der Waals surface area (Å²) in [6.45, 7) is 6.49. The number of nitrogens with zero attached hydrogens (tertiary/aromatic N) is 2. The maximum absolute atomic E-state index is 13.3. The molecule has 206 valence electrons. The van der Waals surface area contributed by atoms with Crippen LogP contribution in [-0.2, 0) is 21.9 Å². The Balaban J connectivity index is 1.60. The Morgan fingerprint density at radius 3 is 2.18 bits per heavy atom. The molecule has 1 aliphatic rings. The lowest BCUT2D eigenvalue weighted by atomic mass is 9.94. The van der Waals surface area contributed by atoms with E-state index in [9.17, 15) is 35.9 Å². The van der Waals surface area contributed by atoms with E-state index in [1.54, 1.807) is 26.8 Å². The minimum absolute atomic E-state index is 0.0683. The Morgan fingerprint density at radius 1 is 0.974 bits per heavy atom. The molecule has 0 saturated heterocycles. The van der Waals surface area contributed by atoms with E-state index in [0.717, 1.165) is 23.3 Å². The highest BCUT2D eigenvalue weighted by atomic mass is 19.4. The van der Waals surface area contributed by atoms with Gasteiger partial charge in [0.2, 0.25) is 0 Å². The van der Waals surface area contributed by atoms with Crippen LogP contribution in [0.5, 0.6) is 11.5 Å². The van der Waals surface area contributed by atoms with Crippen molar-refractivity contribution in [3.63, 3.8) is 0 Å². The maximum atomic E-state index is 13.3. The van der Waals surface area contributed by atoms with Gasteiger partial charge in [-0.15, -0.1) is 0 Å². The molecule has 0 fully saturated rings. The standard InChI is InChI=1S/C26H21F6N3O4/c1-12-13(2)23-19(14(3)22(12)39-15(4)36)9-16(11-38-23)24(37)33-17-5-7-18(8-6-17)35-21(26(30,31)32)10-20(34-35)25(27,28)29/h5-10H,11H2,1-4H3,(H,33,37). The normalized spacial score (nSPS) is 13.3. The van der Waals surface area contributed by atoms with Crippen molar-refractivity contribution in [2.75, 3.05) is 11.9 Å². The van der Waals surface area contributed by atoms with E-state index in [1.165, 1.54) is 19.1 Å². The molecule has 1 N–H and O–H groups in total. The minimum atomic E-state index is -5.09. The van der Waals surface area contributed by atoms with Gasteiger partial charge in [-0.1, -0.05) is 0 Å². The van der Waals surface area contributed by atoms with E-state index >= 15 is 0 Å². The number of benzene rings is 2. The molecular formula is C26H21F6N3O4. The zero-order chi connectivity index (χ0) is 28.9. The molecule has 2 aromatic carbocycles. The molecule has 0 spiro atoms. The highest BCUT2D eigenvalue weighted by Gasteiger charge is 2.42. The number of amides is 1. The quantitative estimate of drug-likeness (QED) is 0.237. The fourth-order valence-corrected chi connectivity index (χ4v) is 4.09. The number of ether oxygens (including phenoxy) is 2. The first-order valence-corrected chi connectivity index (χ1v) is 11.4. The summed E-state index contributed by atoms with van der Waals surface area (Å²) in [5.74, 6) is -0.176. The first-order valence-electron chi connectivity index (χ1n) is 11.4. The Labute approximate surface area is 218 Å². The van der Waals surface area contributed by atoms with Crippen molar-refractivity contribution in [3.05, 3.63) is 69.5 Å². The molecular weight excluding hydrogens is 532 g/mol. The van der Waals surface area contributed by atoms with Gasteiger partial charge >= 0.3 is 18.3 Å². The van der Waals surface area contributed by atoms with Crippen LogP contribution in [0.3, 0.4) is 0 Å². The number of carbonyl (C=O) groups excluding carboxylic acids is 2. The molecule has 13 heteroatoms. The average molecular weight is 553 g/mol. The number of esters is 1. The number of carbonyl (C=O) groups is 2. The van der Waals surface area contributed by atoms with Gasteiger partial charge in [-0.05, 0) is 62.2 Å². The van der Waals surface area contributed by atoms with Crippen molar-refractivity contribution in [3.8, 4) is 17.2 Å². The highest BCUT2D eigenvalue weighted by molar-refractivity contribution is 6.07. The van der Waals surface area contributed by atoms with Crippen molar-refractivity contribution >= 4 is 23.6 Å². The van der Waals surface area contributed by atoms with Crippen LogP contribution >= 0.6 is 0 Å². The summed E-state index contributed by atoms with van der Waals surface area (Å²) in [5, 5.41) is 5.66. The van der Waals surface area contributed by atoms with Crippen molar-refractivity contribution in [1.29, 1.82) is 0 Å². The summed E-state index contributed by atoms with van der Waals surface area (Å²) in [6, 6.07) is 4.60. The molecule has 39 heavy (non-hydrogen) atoms. The van der Waals surface area contributed by atoms with Gasteiger partial charge < -0.3 is 14.8 Å². The van der Waals surface area contributed by atoms with E-state index in [-0.39, 0.29) is 34.3 Å². The number of halogens is 6. The van der Waals surface area contributed by atoms with Gasteiger partial charge in [0.05, 0.1) is 11.3 Å². The third-order valence-electron chi connectivity index (χ3n) is 6.12. The predicted octanol–water partition coefficient (Wildman–Crippen LogP) is 6.17. The molecule has 0 bridgehead atoms. The van der Waals surface area contributed by atoms with Crippen LogP contribution in [0.2, 0.25) is 0 Å². The zero-order valence-corrected chi connectivity index (χ0v) is 21.0. The van der Waals surface area contributed by atoms with Crippen LogP contribution in [-0.4, -0.2) is 28.3 Å². The Kier molecular flexibility index (Phi) is 6.96. The molecule has 2 heterocycles. The molecule has 1 aromatic heterocycles. The SMILES string of the molecule is CC(=O)Oc1c(C)c(C)c2c(c1C)C=C(C(=O)Nc1ccc(-n3nc(C(F)(F)F)cc3C(F)(F)F)cc1)CO2. The second kappa shape index (κ2) is 9.79. The van der Waals surface area contributed by atoms with Crippen LogP contribution < -0.4 is 14.8 Å². The fourth-order valence-electron chi connectivity index (χ4n) is 4.09. The van der Waals surface area contributed by atoms with E-state index in [1.807, 2.05) is 0 Å². The zero-order valence-electron chi connectivity index (χ0n) is 21.0. The Hall–Kier alpha value is -4.29. The topological polar surface area (TPSA) is 82.5 Å². The van der Waals surface area contributed by atoms with Crippen molar-refractivity contribution in [1.82, 2.24) is 9.78 Å². The van der Waals surface area contributed by atoms with Crippen molar-refractivity contribution in [2.45, 2.75) is 40.0 Å². The molecule has 7 nitrogen and oxygen atoms in total. The smallest absolute Gasteiger partial charge is 0.435 e. The monoisotopic (exact) mass is 553 g/mol. The van der Waals surface area contributed by atoms with Crippen LogP contribution in [0.15, 0.2) is 35.9 Å². The minimum Gasteiger partial charge on any atom is -0.488 e. The fraction of sp³-hybridized carbons (Fsp3) is 0.269. The summed E-state index contributed by atoms with van der Waals surface area (Å²) in [4.78, 5) is 24.5. The second-order valence-electron chi connectivity index (χ2n) is 8.82. The molecule has 0 unspecified atom stereocenters. The third-order valence-corrected chi connectivity index (χ3v) is 6.12. The predicted molar refractivity (Wildman–Crippen MR) is 128 cm³/mol. The largest absolute Gasteiger partial charge is 0.488 e. The number of aromatic nitrogens is 2. The van der Waals surface area contributed by atoms with Gasteiger partial charge in [0.15, 0.2) is 5.69 Å². The molecule has 1 aliphatic heterocycles. The van der Waals surface area contributed by atoms with Crippen LogP contribution in [0.1, 0.15) is 40.6 Å². The molecule has 1 amide bonds. The van der Waals surface area contributed by atoms with Crippen molar-refractivity contribution in [2.24, 2.45) is 0 Å². The number of hydrogen-bond donors (Lipinski definition) is 1.